The third kappa shape index (κ3) is 9.11. The summed E-state index contributed by atoms with van der Waals surface area (Å²) in [6.07, 6.45) is 2.09. The monoisotopic (exact) mass is 715 g/mol. The molecule has 5 N–H and O–H groups in total. The highest BCUT2D eigenvalue weighted by Gasteiger charge is 2.37. The van der Waals surface area contributed by atoms with Crippen LogP contribution in [0.2, 0.25) is 0 Å². The molecule has 2 bridgehead atoms. The van der Waals surface area contributed by atoms with Crippen LogP contribution < -0.4 is 11.5 Å². The average Bonchev–Trinajstić information content (AvgIpc) is 3.12. The second-order valence-corrected chi connectivity index (χ2v) is 13.8. The number of primary amides is 1. The van der Waals surface area contributed by atoms with Crippen molar-refractivity contribution in [2.24, 2.45) is 29.2 Å². The molecule has 0 radical (unpaired) electrons. The molecule has 1 aliphatic carbocycles. The minimum absolute atomic E-state index is 0.0187. The Morgan fingerprint density at radius 3 is 2.33 bits per heavy atom. The maximum Gasteiger partial charge on any atom is 0.404 e. The smallest absolute Gasteiger partial charge is 0.404 e. The standard InChI is InChI=1S/C40H49N3O9/c1-22-17-29-35(41)31(44)20-30(37(29)47)43(21-32(45)28-15-10-13-26-12-7-8-14-27(26)28)39(48)23(2)11-9-16-33(50-5)38(52-40(42)49)25(4)19-24(3)36(46)34(18-22)51-6/h7-16,20,22,24-25,33-34,36,38,46H,17-19,21,41H2,1-6H3,(H2,42,49)/b16-9-,23-11+/t22-,24+,25-,33+,34+,36-,38+/m1/s1. The summed E-state index contributed by atoms with van der Waals surface area (Å²) in [6.45, 7) is 6.52. The number of benzene rings is 2. The van der Waals surface area contributed by atoms with Gasteiger partial charge in [-0.05, 0) is 54.7 Å². The highest BCUT2D eigenvalue weighted by Crippen LogP contribution is 2.32. The van der Waals surface area contributed by atoms with Crippen LogP contribution in [-0.4, -0.2) is 84.5 Å². The number of Topliss-reactive ketones (excluding diaryl/α,β-unsaturated/α-hetero) is 2. The van der Waals surface area contributed by atoms with Gasteiger partial charge in [0, 0.05) is 37.0 Å². The molecule has 4 rings (SSSR count). The lowest BCUT2D eigenvalue weighted by atomic mass is 9.82. The molecule has 0 saturated heterocycles. The number of ketones is 3. The fourth-order valence-corrected chi connectivity index (χ4v) is 7.05. The van der Waals surface area contributed by atoms with Crippen molar-refractivity contribution in [3.8, 4) is 0 Å². The molecule has 1 aliphatic heterocycles. The molecule has 12 nitrogen and oxygen atoms in total. The zero-order valence-corrected chi connectivity index (χ0v) is 30.5. The maximum atomic E-state index is 14.2. The summed E-state index contributed by atoms with van der Waals surface area (Å²) < 4.78 is 16.9. The number of nitrogens with zero attached hydrogens (tertiary/aromatic N) is 1. The molecular formula is C40H49N3O9. The number of allylic oxidation sites excluding steroid dienone is 4. The predicted molar refractivity (Wildman–Crippen MR) is 196 cm³/mol. The Kier molecular flexibility index (Phi) is 13.4. The molecule has 2 aromatic carbocycles. The summed E-state index contributed by atoms with van der Waals surface area (Å²) in [6, 6.07) is 12.6. The van der Waals surface area contributed by atoms with Crippen LogP contribution in [0.5, 0.6) is 0 Å². The van der Waals surface area contributed by atoms with E-state index in [1.165, 1.54) is 33.3 Å². The number of aliphatic hydroxyl groups excluding tert-OH is 1. The summed E-state index contributed by atoms with van der Waals surface area (Å²) in [5, 5.41) is 12.9. The van der Waals surface area contributed by atoms with Crippen LogP contribution in [0.1, 0.15) is 57.3 Å². The van der Waals surface area contributed by atoms with E-state index in [4.69, 9.17) is 25.7 Å². The van der Waals surface area contributed by atoms with Gasteiger partial charge in [-0.3, -0.25) is 24.1 Å². The molecule has 0 spiro atoms. The van der Waals surface area contributed by atoms with E-state index >= 15 is 0 Å². The minimum atomic E-state index is -0.997. The normalized spacial score (nSPS) is 28.6. The Balaban J connectivity index is 1.83. The molecule has 278 valence electrons. The van der Waals surface area contributed by atoms with Gasteiger partial charge in [0.1, 0.15) is 12.2 Å². The van der Waals surface area contributed by atoms with Crippen LogP contribution in [0.3, 0.4) is 0 Å². The number of carbonyl (C=O) groups excluding carboxylic acids is 5. The van der Waals surface area contributed by atoms with Crippen LogP contribution in [0.25, 0.3) is 10.8 Å². The second kappa shape index (κ2) is 17.5. The van der Waals surface area contributed by atoms with Gasteiger partial charge in [-0.25, -0.2) is 4.79 Å². The second-order valence-electron chi connectivity index (χ2n) is 13.8. The number of aliphatic hydroxyl groups is 1. The van der Waals surface area contributed by atoms with Crippen molar-refractivity contribution < 1.29 is 43.3 Å². The molecule has 52 heavy (non-hydrogen) atoms. The quantitative estimate of drug-likeness (QED) is 0.283. The van der Waals surface area contributed by atoms with E-state index < -0.39 is 60.3 Å². The fraction of sp³-hybridized carbons (Fsp3) is 0.425. The molecule has 0 saturated carbocycles. The average molecular weight is 716 g/mol. The summed E-state index contributed by atoms with van der Waals surface area (Å²) in [5.41, 5.74) is 11.6. The number of fused-ring (bicyclic) bond motifs is 3. The van der Waals surface area contributed by atoms with Crippen LogP contribution >= 0.6 is 0 Å². The van der Waals surface area contributed by atoms with E-state index in [0.29, 0.717) is 23.8 Å². The van der Waals surface area contributed by atoms with E-state index in [2.05, 4.69) is 0 Å². The zero-order chi connectivity index (χ0) is 38.3. The van der Waals surface area contributed by atoms with Gasteiger partial charge in [-0.1, -0.05) is 81.5 Å². The summed E-state index contributed by atoms with van der Waals surface area (Å²) >= 11 is 0. The van der Waals surface area contributed by atoms with Crippen molar-refractivity contribution in [3.63, 3.8) is 0 Å². The third-order valence-corrected chi connectivity index (χ3v) is 9.88. The number of hydrogen-bond acceptors (Lipinski definition) is 10. The van der Waals surface area contributed by atoms with E-state index in [0.717, 1.165) is 16.4 Å². The number of ether oxygens (including phenoxy) is 3. The Bertz CT molecular complexity index is 1820. The van der Waals surface area contributed by atoms with Crippen LogP contribution in [0.4, 0.5) is 4.79 Å². The number of rotatable bonds is 6. The first-order chi connectivity index (χ1) is 24.7. The summed E-state index contributed by atoms with van der Waals surface area (Å²) in [4.78, 5) is 68.8. The molecule has 0 aromatic heterocycles. The highest BCUT2D eigenvalue weighted by molar-refractivity contribution is 6.24. The van der Waals surface area contributed by atoms with Crippen molar-refractivity contribution in [2.45, 2.75) is 71.4 Å². The van der Waals surface area contributed by atoms with Crippen molar-refractivity contribution >= 4 is 40.1 Å². The number of hydrogen-bond donors (Lipinski definition) is 3. The molecular weight excluding hydrogens is 666 g/mol. The first-order valence-electron chi connectivity index (χ1n) is 17.3. The molecule has 0 unspecified atom stereocenters. The molecule has 7 atom stereocenters. The zero-order valence-electron chi connectivity index (χ0n) is 30.5. The lowest BCUT2D eigenvalue weighted by molar-refractivity contribution is -0.128. The van der Waals surface area contributed by atoms with Gasteiger partial charge in [0.25, 0.3) is 5.91 Å². The maximum absolute atomic E-state index is 14.2. The Morgan fingerprint density at radius 2 is 1.65 bits per heavy atom. The van der Waals surface area contributed by atoms with Gasteiger partial charge in [0.05, 0.1) is 30.1 Å². The van der Waals surface area contributed by atoms with Crippen LogP contribution in [0.15, 0.2) is 89.3 Å². The van der Waals surface area contributed by atoms with E-state index in [9.17, 15) is 29.1 Å². The van der Waals surface area contributed by atoms with E-state index in [1.54, 1.807) is 30.3 Å². The topological polar surface area (TPSA) is 189 Å². The first kappa shape index (κ1) is 39.9. The first-order valence-corrected chi connectivity index (χ1v) is 17.3. The SMILES string of the molecule is CO[C@H]1/C=C\C=C(/C)C(=O)N(CC(=O)c2cccc3ccccc23)C2=CC(=O)C(N)=C(C[C@@H](C)C[C@H](OC)[C@H](O)[C@@H](C)C[C@@H](C)[C@@H]1OC(N)=O)C2=O. The predicted octanol–water partition coefficient (Wildman–Crippen LogP) is 4.55. The molecule has 2 aromatic rings. The molecule has 12 heteroatoms. The largest absolute Gasteiger partial charge is 0.443 e. The van der Waals surface area contributed by atoms with Gasteiger partial charge in [0.15, 0.2) is 5.78 Å². The van der Waals surface area contributed by atoms with Crippen molar-refractivity contribution in [1.29, 1.82) is 0 Å². The molecule has 0 fully saturated rings. The van der Waals surface area contributed by atoms with Gasteiger partial charge in [-0.15, -0.1) is 0 Å². The third-order valence-electron chi connectivity index (χ3n) is 9.88. The number of nitrogens with two attached hydrogens (primary N) is 2. The lowest BCUT2D eigenvalue weighted by Crippen LogP contribution is -2.42. The van der Waals surface area contributed by atoms with Gasteiger partial charge >= 0.3 is 6.09 Å². The molecule has 1 heterocycles. The van der Waals surface area contributed by atoms with E-state index in [-0.39, 0.29) is 46.7 Å². The van der Waals surface area contributed by atoms with E-state index in [1.807, 2.05) is 39.0 Å². The Morgan fingerprint density at radius 1 is 0.962 bits per heavy atom. The van der Waals surface area contributed by atoms with Crippen molar-refractivity contribution in [3.05, 3.63) is 94.9 Å². The Hall–Kier alpha value is -4.91. The molecule has 2 aliphatic rings. The summed E-state index contributed by atoms with van der Waals surface area (Å²) in [5.74, 6) is -3.44. The number of amides is 2. The number of methoxy groups -OCH3 is 2. The molecule has 2 amide bonds. The highest BCUT2D eigenvalue weighted by atomic mass is 16.6. The lowest BCUT2D eigenvalue weighted by Gasteiger charge is -2.33. The van der Waals surface area contributed by atoms with Gasteiger partial charge < -0.3 is 30.8 Å². The van der Waals surface area contributed by atoms with Crippen molar-refractivity contribution in [2.75, 3.05) is 20.8 Å². The fourth-order valence-electron chi connectivity index (χ4n) is 7.05. The van der Waals surface area contributed by atoms with Gasteiger partial charge in [-0.2, -0.15) is 0 Å². The minimum Gasteiger partial charge on any atom is -0.443 e. The van der Waals surface area contributed by atoms with Crippen LogP contribution in [0, 0.1) is 17.8 Å². The van der Waals surface area contributed by atoms with Gasteiger partial charge in [0.2, 0.25) is 11.6 Å². The van der Waals surface area contributed by atoms with Crippen LogP contribution in [-0.2, 0) is 28.6 Å². The number of carbonyl (C=O) groups is 5. The van der Waals surface area contributed by atoms with Crippen molar-refractivity contribution in [1.82, 2.24) is 4.90 Å². The summed E-state index contributed by atoms with van der Waals surface area (Å²) in [7, 11) is 2.92. The Labute approximate surface area is 304 Å².